The minimum atomic E-state index is -0.901. The number of hydrogen-bond donors (Lipinski definition) is 1. The average molecular weight is 340 g/mol. The fourth-order valence-corrected chi connectivity index (χ4v) is 4.22. The van der Waals surface area contributed by atoms with Crippen LogP contribution in [0.5, 0.6) is 0 Å². The molecular formula is C18H20N4O3. The molecule has 0 radical (unpaired) electrons. The van der Waals surface area contributed by atoms with Gasteiger partial charge in [0.05, 0.1) is 18.1 Å². The average Bonchev–Trinajstić information content (AvgIpc) is 3.29. The summed E-state index contributed by atoms with van der Waals surface area (Å²) < 4.78 is 1.61. The molecule has 2 aliphatic rings. The molecule has 1 saturated heterocycles. The standard InChI is InChI=1S/C18H20N4O3/c23-17(12-5-7-14(8-6-12)21-10-9-19-20-21)22-15-4-2-1-3-13(15)11-16(22)18(24)25/h5-10,13,15-16H,1-4,11H2,(H,24,25)/t13-,15+,16-/m0/s1. The summed E-state index contributed by atoms with van der Waals surface area (Å²) in [6.07, 6.45) is 7.99. The molecule has 1 N–H and O–H groups in total. The lowest BCUT2D eigenvalue weighted by Gasteiger charge is -2.33. The third-order valence-corrected chi connectivity index (χ3v) is 5.41. The number of benzene rings is 1. The molecule has 0 spiro atoms. The highest BCUT2D eigenvalue weighted by Gasteiger charge is 2.47. The molecule has 130 valence electrons. The summed E-state index contributed by atoms with van der Waals surface area (Å²) in [5.41, 5.74) is 1.32. The molecular weight excluding hydrogens is 320 g/mol. The van der Waals surface area contributed by atoms with Gasteiger partial charge in [-0.25, -0.2) is 9.48 Å². The molecule has 0 unspecified atom stereocenters. The topological polar surface area (TPSA) is 88.3 Å². The van der Waals surface area contributed by atoms with Crippen LogP contribution < -0.4 is 0 Å². The fourth-order valence-electron chi connectivity index (χ4n) is 4.22. The summed E-state index contributed by atoms with van der Waals surface area (Å²) in [5, 5.41) is 17.3. The number of amides is 1. The number of carbonyl (C=O) groups excluding carboxylic acids is 1. The maximum absolute atomic E-state index is 13.0. The van der Waals surface area contributed by atoms with Gasteiger partial charge in [0, 0.05) is 11.6 Å². The zero-order chi connectivity index (χ0) is 17.4. The van der Waals surface area contributed by atoms with Crippen LogP contribution in [0, 0.1) is 5.92 Å². The zero-order valence-electron chi connectivity index (χ0n) is 13.8. The second kappa shape index (κ2) is 6.31. The van der Waals surface area contributed by atoms with Crippen LogP contribution in [0.25, 0.3) is 5.69 Å². The minimum absolute atomic E-state index is 0.0531. The Morgan fingerprint density at radius 1 is 1.12 bits per heavy atom. The number of carboxylic acid groups (broad SMARTS) is 1. The van der Waals surface area contributed by atoms with Crippen molar-refractivity contribution in [1.29, 1.82) is 0 Å². The molecule has 2 aromatic rings. The number of carboxylic acids is 1. The van der Waals surface area contributed by atoms with E-state index in [1.807, 2.05) is 0 Å². The second-order valence-corrected chi connectivity index (χ2v) is 6.81. The predicted molar refractivity (Wildman–Crippen MR) is 89.3 cm³/mol. The molecule has 1 amide bonds. The highest BCUT2D eigenvalue weighted by molar-refractivity contribution is 5.97. The van der Waals surface area contributed by atoms with E-state index in [4.69, 9.17) is 0 Å². The van der Waals surface area contributed by atoms with Crippen molar-refractivity contribution in [3.05, 3.63) is 42.2 Å². The molecule has 1 aliphatic carbocycles. The first-order valence-corrected chi connectivity index (χ1v) is 8.67. The SMILES string of the molecule is O=C(O)[C@@H]1C[C@@H]2CCCC[C@H]2N1C(=O)c1ccc(-n2ccnn2)cc1. The van der Waals surface area contributed by atoms with Crippen LogP contribution in [0.2, 0.25) is 0 Å². The van der Waals surface area contributed by atoms with Gasteiger partial charge in [-0.05, 0) is 49.4 Å². The smallest absolute Gasteiger partial charge is 0.326 e. The predicted octanol–water partition coefficient (Wildman–Crippen LogP) is 2.13. The van der Waals surface area contributed by atoms with E-state index in [1.54, 1.807) is 46.2 Å². The van der Waals surface area contributed by atoms with Gasteiger partial charge in [0.15, 0.2) is 0 Å². The van der Waals surface area contributed by atoms with Gasteiger partial charge in [-0.1, -0.05) is 18.1 Å². The lowest BCUT2D eigenvalue weighted by molar-refractivity contribution is -0.141. The molecule has 7 nitrogen and oxygen atoms in total. The van der Waals surface area contributed by atoms with Crippen LogP contribution in [0.3, 0.4) is 0 Å². The van der Waals surface area contributed by atoms with Crippen LogP contribution in [0.15, 0.2) is 36.7 Å². The summed E-state index contributed by atoms with van der Waals surface area (Å²) in [4.78, 5) is 26.4. The number of nitrogens with zero attached hydrogens (tertiary/aromatic N) is 4. The summed E-state index contributed by atoms with van der Waals surface area (Å²) in [6.45, 7) is 0. The van der Waals surface area contributed by atoms with Crippen molar-refractivity contribution in [2.24, 2.45) is 5.92 Å². The molecule has 1 aromatic heterocycles. The number of aliphatic carboxylic acids is 1. The molecule has 3 atom stereocenters. The van der Waals surface area contributed by atoms with Gasteiger partial charge >= 0.3 is 5.97 Å². The van der Waals surface area contributed by atoms with E-state index >= 15 is 0 Å². The minimum Gasteiger partial charge on any atom is -0.480 e. The normalized spacial score (nSPS) is 25.6. The molecule has 1 aliphatic heterocycles. The van der Waals surface area contributed by atoms with Crippen molar-refractivity contribution in [3.63, 3.8) is 0 Å². The third kappa shape index (κ3) is 2.79. The fraction of sp³-hybridized carbons (Fsp3) is 0.444. The van der Waals surface area contributed by atoms with E-state index in [2.05, 4.69) is 10.3 Å². The lowest BCUT2D eigenvalue weighted by atomic mass is 9.84. The Morgan fingerprint density at radius 2 is 1.88 bits per heavy atom. The number of fused-ring (bicyclic) bond motifs is 1. The van der Waals surface area contributed by atoms with Crippen molar-refractivity contribution >= 4 is 11.9 Å². The number of rotatable bonds is 3. The Kier molecular flexibility index (Phi) is 3.99. The molecule has 7 heteroatoms. The Hall–Kier alpha value is -2.70. The van der Waals surface area contributed by atoms with E-state index in [0.29, 0.717) is 17.9 Å². The first-order chi connectivity index (χ1) is 12.1. The molecule has 2 heterocycles. The Balaban J connectivity index is 1.61. The summed E-state index contributed by atoms with van der Waals surface area (Å²) >= 11 is 0. The van der Waals surface area contributed by atoms with Crippen molar-refractivity contribution in [2.75, 3.05) is 0 Å². The largest absolute Gasteiger partial charge is 0.480 e. The van der Waals surface area contributed by atoms with Gasteiger partial charge in [-0.3, -0.25) is 4.79 Å². The quantitative estimate of drug-likeness (QED) is 0.924. The monoisotopic (exact) mass is 340 g/mol. The van der Waals surface area contributed by atoms with Crippen LogP contribution in [0.1, 0.15) is 42.5 Å². The van der Waals surface area contributed by atoms with Gasteiger partial charge in [0.2, 0.25) is 0 Å². The maximum atomic E-state index is 13.0. The van der Waals surface area contributed by atoms with Crippen LogP contribution >= 0.6 is 0 Å². The summed E-state index contributed by atoms with van der Waals surface area (Å²) in [5.74, 6) is -0.776. The zero-order valence-corrected chi connectivity index (χ0v) is 13.8. The molecule has 4 rings (SSSR count). The molecule has 25 heavy (non-hydrogen) atoms. The van der Waals surface area contributed by atoms with E-state index in [0.717, 1.165) is 31.4 Å². The molecule has 1 saturated carbocycles. The number of carbonyl (C=O) groups is 2. The third-order valence-electron chi connectivity index (χ3n) is 5.41. The lowest BCUT2D eigenvalue weighted by Crippen LogP contribution is -2.46. The first kappa shape index (κ1) is 15.8. The van der Waals surface area contributed by atoms with E-state index in [9.17, 15) is 14.7 Å². The number of aromatic nitrogens is 3. The van der Waals surface area contributed by atoms with Gasteiger partial charge in [0.25, 0.3) is 5.91 Å². The number of hydrogen-bond acceptors (Lipinski definition) is 4. The van der Waals surface area contributed by atoms with E-state index in [-0.39, 0.29) is 11.9 Å². The highest BCUT2D eigenvalue weighted by Crippen LogP contribution is 2.40. The first-order valence-electron chi connectivity index (χ1n) is 8.67. The van der Waals surface area contributed by atoms with Gasteiger partial charge in [0.1, 0.15) is 6.04 Å². The van der Waals surface area contributed by atoms with Crippen LogP contribution in [0.4, 0.5) is 0 Å². The van der Waals surface area contributed by atoms with Gasteiger partial charge in [-0.15, -0.1) is 5.10 Å². The number of likely N-dealkylation sites (tertiary alicyclic amines) is 1. The van der Waals surface area contributed by atoms with Crippen LogP contribution in [-0.4, -0.2) is 49.0 Å². The Morgan fingerprint density at radius 3 is 2.56 bits per heavy atom. The van der Waals surface area contributed by atoms with E-state index in [1.165, 1.54) is 0 Å². The van der Waals surface area contributed by atoms with E-state index < -0.39 is 12.0 Å². The molecule has 0 bridgehead atoms. The molecule has 2 fully saturated rings. The van der Waals surface area contributed by atoms with Crippen molar-refractivity contribution in [1.82, 2.24) is 19.9 Å². The summed E-state index contributed by atoms with van der Waals surface area (Å²) in [6, 6.07) is 6.40. The van der Waals surface area contributed by atoms with Crippen molar-refractivity contribution in [2.45, 2.75) is 44.2 Å². The van der Waals surface area contributed by atoms with Crippen molar-refractivity contribution in [3.8, 4) is 5.69 Å². The Bertz CT molecular complexity index is 772. The highest BCUT2D eigenvalue weighted by atomic mass is 16.4. The maximum Gasteiger partial charge on any atom is 0.326 e. The Labute approximate surface area is 145 Å². The van der Waals surface area contributed by atoms with Gasteiger partial charge in [-0.2, -0.15) is 0 Å². The second-order valence-electron chi connectivity index (χ2n) is 6.81. The summed E-state index contributed by atoms with van der Waals surface area (Å²) in [7, 11) is 0. The van der Waals surface area contributed by atoms with Crippen LogP contribution in [-0.2, 0) is 4.79 Å². The van der Waals surface area contributed by atoms with Gasteiger partial charge < -0.3 is 10.0 Å². The van der Waals surface area contributed by atoms with Crippen molar-refractivity contribution < 1.29 is 14.7 Å². The molecule has 1 aromatic carbocycles.